The van der Waals surface area contributed by atoms with Gasteiger partial charge in [-0.1, -0.05) is 24.3 Å². The van der Waals surface area contributed by atoms with E-state index in [4.69, 9.17) is 4.74 Å². The van der Waals surface area contributed by atoms with Crippen LogP contribution in [0.1, 0.15) is 36.0 Å². The number of hydrogen-bond donors (Lipinski definition) is 0. The maximum atomic E-state index is 12.9. The van der Waals surface area contributed by atoms with Crippen LogP contribution >= 0.6 is 0 Å². The zero-order chi connectivity index (χ0) is 21.1. The van der Waals surface area contributed by atoms with Crippen molar-refractivity contribution >= 4 is 15.9 Å². The molecular formula is C23H28N2O4S. The molecule has 0 unspecified atom stereocenters. The van der Waals surface area contributed by atoms with E-state index in [0.29, 0.717) is 38.2 Å². The van der Waals surface area contributed by atoms with Gasteiger partial charge < -0.3 is 9.64 Å². The van der Waals surface area contributed by atoms with Gasteiger partial charge in [0.25, 0.3) is 0 Å². The van der Waals surface area contributed by atoms with Crippen molar-refractivity contribution in [1.29, 1.82) is 0 Å². The van der Waals surface area contributed by atoms with Crippen LogP contribution in [0.3, 0.4) is 0 Å². The molecule has 7 heteroatoms. The van der Waals surface area contributed by atoms with Crippen molar-refractivity contribution in [2.45, 2.75) is 43.5 Å². The standard InChI is InChI=1S/C23H28N2O4S/c1-29-22-10-9-21(30(27,28)25-13-4-5-14-25)16-19(22)8-11-23(26)24-15-12-18-6-2-3-7-20(18)17-24/h2-3,6-7,9-10,16H,4-5,8,11-15,17H2,1H3. The van der Waals surface area contributed by atoms with Crippen molar-refractivity contribution in [3.05, 3.63) is 59.2 Å². The summed E-state index contributed by atoms with van der Waals surface area (Å²) in [7, 11) is -1.93. The van der Waals surface area contributed by atoms with Gasteiger partial charge in [-0.05, 0) is 60.6 Å². The Bertz CT molecular complexity index is 1030. The number of carbonyl (C=O) groups is 1. The Morgan fingerprint density at radius 1 is 1.03 bits per heavy atom. The molecule has 0 aromatic heterocycles. The van der Waals surface area contributed by atoms with Gasteiger partial charge in [-0.25, -0.2) is 8.42 Å². The lowest BCUT2D eigenvalue weighted by atomic mass is 9.99. The second-order valence-corrected chi connectivity index (χ2v) is 9.86. The number of carbonyl (C=O) groups excluding carboxylic acids is 1. The topological polar surface area (TPSA) is 66.9 Å². The summed E-state index contributed by atoms with van der Waals surface area (Å²) in [5.74, 6) is 0.700. The van der Waals surface area contributed by atoms with Gasteiger partial charge in [0.05, 0.1) is 12.0 Å². The maximum Gasteiger partial charge on any atom is 0.243 e. The minimum atomic E-state index is -3.50. The van der Waals surface area contributed by atoms with E-state index in [-0.39, 0.29) is 10.8 Å². The molecule has 1 saturated heterocycles. The summed E-state index contributed by atoms with van der Waals surface area (Å²) in [6.45, 7) is 2.49. The van der Waals surface area contributed by atoms with Gasteiger partial charge in [-0.3, -0.25) is 4.79 Å². The van der Waals surface area contributed by atoms with Crippen LogP contribution in [-0.4, -0.2) is 50.3 Å². The predicted molar refractivity (Wildman–Crippen MR) is 115 cm³/mol. The number of sulfonamides is 1. The van der Waals surface area contributed by atoms with E-state index in [0.717, 1.165) is 31.4 Å². The Morgan fingerprint density at radius 3 is 2.50 bits per heavy atom. The highest BCUT2D eigenvalue weighted by Crippen LogP contribution is 2.28. The lowest BCUT2D eigenvalue weighted by Gasteiger charge is -2.29. The van der Waals surface area contributed by atoms with E-state index >= 15 is 0 Å². The fourth-order valence-electron chi connectivity index (χ4n) is 4.30. The smallest absolute Gasteiger partial charge is 0.243 e. The molecule has 160 valence electrons. The lowest BCUT2D eigenvalue weighted by molar-refractivity contribution is -0.132. The predicted octanol–water partition coefficient (Wildman–Crippen LogP) is 3.00. The fourth-order valence-corrected chi connectivity index (χ4v) is 5.86. The summed E-state index contributed by atoms with van der Waals surface area (Å²) in [6.07, 6.45) is 3.44. The Morgan fingerprint density at radius 2 is 1.77 bits per heavy atom. The quantitative estimate of drug-likeness (QED) is 0.709. The van der Waals surface area contributed by atoms with E-state index in [1.54, 1.807) is 25.3 Å². The number of hydrogen-bond acceptors (Lipinski definition) is 4. The van der Waals surface area contributed by atoms with E-state index in [1.165, 1.54) is 15.4 Å². The first kappa shape index (κ1) is 20.9. The number of fused-ring (bicyclic) bond motifs is 1. The number of benzene rings is 2. The average molecular weight is 429 g/mol. The molecule has 0 radical (unpaired) electrons. The summed E-state index contributed by atoms with van der Waals surface area (Å²) in [5.41, 5.74) is 3.26. The van der Waals surface area contributed by atoms with E-state index in [9.17, 15) is 13.2 Å². The molecule has 0 bridgehead atoms. The number of rotatable bonds is 6. The van der Waals surface area contributed by atoms with Crippen molar-refractivity contribution in [1.82, 2.24) is 9.21 Å². The van der Waals surface area contributed by atoms with Gasteiger partial charge in [-0.15, -0.1) is 0 Å². The van der Waals surface area contributed by atoms with Gasteiger partial charge in [0.2, 0.25) is 15.9 Å². The third-order valence-electron chi connectivity index (χ3n) is 6.05. The van der Waals surface area contributed by atoms with Crippen molar-refractivity contribution in [2.24, 2.45) is 0 Å². The normalized spacial score (nSPS) is 17.0. The molecule has 6 nitrogen and oxygen atoms in total. The SMILES string of the molecule is COc1ccc(S(=O)(=O)N2CCCC2)cc1CCC(=O)N1CCc2ccccc2C1. The number of aryl methyl sites for hydroxylation is 1. The number of ether oxygens (including phenoxy) is 1. The highest BCUT2D eigenvalue weighted by atomic mass is 32.2. The zero-order valence-corrected chi connectivity index (χ0v) is 18.2. The largest absolute Gasteiger partial charge is 0.496 e. The molecule has 2 aromatic rings. The molecule has 0 N–H and O–H groups in total. The Kier molecular flexibility index (Phi) is 6.11. The number of amides is 1. The molecule has 0 atom stereocenters. The molecule has 0 saturated carbocycles. The molecule has 30 heavy (non-hydrogen) atoms. The second-order valence-electron chi connectivity index (χ2n) is 7.92. The maximum absolute atomic E-state index is 12.9. The van der Waals surface area contributed by atoms with Crippen molar-refractivity contribution in [2.75, 3.05) is 26.7 Å². The lowest BCUT2D eigenvalue weighted by Crippen LogP contribution is -2.36. The van der Waals surface area contributed by atoms with Crippen molar-refractivity contribution < 1.29 is 17.9 Å². The number of nitrogens with zero attached hydrogens (tertiary/aromatic N) is 2. The summed E-state index contributed by atoms with van der Waals surface area (Å²) < 4.78 is 32.8. The van der Waals surface area contributed by atoms with E-state index in [2.05, 4.69) is 12.1 Å². The van der Waals surface area contributed by atoms with Gasteiger partial charge in [0.15, 0.2) is 0 Å². The van der Waals surface area contributed by atoms with Crippen LogP contribution in [-0.2, 0) is 34.2 Å². The van der Waals surface area contributed by atoms with Gasteiger partial charge >= 0.3 is 0 Å². The molecular weight excluding hydrogens is 400 g/mol. The minimum absolute atomic E-state index is 0.0827. The third kappa shape index (κ3) is 4.23. The molecule has 1 amide bonds. The van der Waals surface area contributed by atoms with Gasteiger partial charge in [0, 0.05) is 32.6 Å². The summed E-state index contributed by atoms with van der Waals surface area (Å²) >= 11 is 0. The first-order valence-corrected chi connectivity index (χ1v) is 11.9. The average Bonchev–Trinajstić information content (AvgIpc) is 3.33. The Labute approximate surface area is 178 Å². The molecule has 2 heterocycles. The Balaban J connectivity index is 1.47. The third-order valence-corrected chi connectivity index (χ3v) is 7.94. The van der Waals surface area contributed by atoms with Crippen LogP contribution in [0, 0.1) is 0 Å². The highest BCUT2D eigenvalue weighted by Gasteiger charge is 2.28. The molecule has 2 aromatic carbocycles. The number of methoxy groups -OCH3 is 1. The molecule has 0 spiro atoms. The van der Waals surface area contributed by atoms with Crippen LogP contribution in [0.25, 0.3) is 0 Å². The van der Waals surface area contributed by atoms with Crippen LogP contribution in [0.2, 0.25) is 0 Å². The molecule has 0 aliphatic carbocycles. The van der Waals surface area contributed by atoms with Gasteiger partial charge in [-0.2, -0.15) is 4.31 Å². The first-order valence-electron chi connectivity index (χ1n) is 10.5. The van der Waals surface area contributed by atoms with Crippen molar-refractivity contribution in [3.8, 4) is 5.75 Å². The van der Waals surface area contributed by atoms with Gasteiger partial charge in [0.1, 0.15) is 5.75 Å². The monoisotopic (exact) mass is 428 g/mol. The van der Waals surface area contributed by atoms with Crippen LogP contribution < -0.4 is 4.74 Å². The fraction of sp³-hybridized carbons (Fsp3) is 0.435. The van der Waals surface area contributed by atoms with Crippen molar-refractivity contribution in [3.63, 3.8) is 0 Å². The van der Waals surface area contributed by atoms with Crippen LogP contribution in [0.5, 0.6) is 5.75 Å². The van der Waals surface area contributed by atoms with Crippen LogP contribution in [0.15, 0.2) is 47.4 Å². The summed E-state index contributed by atoms with van der Waals surface area (Å²) in [4.78, 5) is 15.0. The first-order chi connectivity index (χ1) is 14.5. The Hall–Kier alpha value is -2.38. The molecule has 2 aliphatic heterocycles. The second kappa shape index (κ2) is 8.78. The minimum Gasteiger partial charge on any atom is -0.496 e. The summed E-state index contributed by atoms with van der Waals surface area (Å²) in [5, 5.41) is 0. The molecule has 1 fully saturated rings. The summed E-state index contributed by atoms with van der Waals surface area (Å²) in [6, 6.07) is 13.2. The van der Waals surface area contributed by atoms with E-state index in [1.807, 2.05) is 17.0 Å². The molecule has 4 rings (SSSR count). The van der Waals surface area contributed by atoms with E-state index < -0.39 is 10.0 Å². The highest BCUT2D eigenvalue weighted by molar-refractivity contribution is 7.89. The zero-order valence-electron chi connectivity index (χ0n) is 17.3. The molecule has 2 aliphatic rings. The van der Waals surface area contributed by atoms with Crippen LogP contribution in [0.4, 0.5) is 0 Å².